The van der Waals surface area contributed by atoms with Crippen molar-refractivity contribution < 1.29 is 19.5 Å². The monoisotopic (exact) mass is 292 g/mol. The molecule has 0 radical (unpaired) electrons. The van der Waals surface area contributed by atoms with E-state index in [9.17, 15) is 19.5 Å². The number of amides is 2. The predicted molar refractivity (Wildman–Crippen MR) is 74.2 cm³/mol. The molecule has 114 valence electrons. The molecule has 2 fully saturated rings. The van der Waals surface area contributed by atoms with Crippen LogP contribution < -0.4 is 0 Å². The Morgan fingerprint density at radius 3 is 2.52 bits per heavy atom. The molecule has 3 rings (SSSR count). The fraction of sp³-hybridized carbons (Fsp3) is 0.667. The first-order chi connectivity index (χ1) is 9.99. The van der Waals surface area contributed by atoms with Crippen molar-refractivity contribution in [2.24, 2.45) is 23.7 Å². The zero-order valence-corrected chi connectivity index (χ0v) is 12.1. The van der Waals surface area contributed by atoms with Crippen molar-refractivity contribution in [1.29, 1.82) is 0 Å². The molecule has 2 bridgehead atoms. The summed E-state index contributed by atoms with van der Waals surface area (Å²) in [5, 5.41) is 9.42. The number of nitrogens with zero attached hydrogens (tertiary/aromatic N) is 2. The largest absolute Gasteiger partial charge is 0.481 e. The average Bonchev–Trinajstić information content (AvgIpc) is 3.00. The molecule has 0 aromatic rings. The molecule has 6 nitrogen and oxygen atoms in total. The summed E-state index contributed by atoms with van der Waals surface area (Å²) in [6.45, 7) is 1.24. The van der Waals surface area contributed by atoms with E-state index in [0.717, 1.165) is 12.8 Å². The fourth-order valence-corrected chi connectivity index (χ4v) is 3.88. The van der Waals surface area contributed by atoms with Crippen LogP contribution in [-0.2, 0) is 14.4 Å². The zero-order chi connectivity index (χ0) is 15.1. The Morgan fingerprint density at radius 2 is 1.86 bits per heavy atom. The first kappa shape index (κ1) is 14.1. The van der Waals surface area contributed by atoms with Crippen molar-refractivity contribution in [2.45, 2.75) is 12.8 Å². The minimum atomic E-state index is -0.900. The Labute approximate surface area is 123 Å². The highest BCUT2D eigenvalue weighted by atomic mass is 16.4. The van der Waals surface area contributed by atoms with Crippen LogP contribution in [0.3, 0.4) is 0 Å². The minimum Gasteiger partial charge on any atom is -0.481 e. The number of allylic oxidation sites excluding steroid dienone is 2. The van der Waals surface area contributed by atoms with E-state index < -0.39 is 17.8 Å². The van der Waals surface area contributed by atoms with Crippen molar-refractivity contribution in [1.82, 2.24) is 9.80 Å². The molecule has 1 N–H and O–H groups in total. The lowest BCUT2D eigenvalue weighted by Crippen LogP contribution is -2.45. The van der Waals surface area contributed by atoms with Crippen LogP contribution >= 0.6 is 0 Å². The first-order valence-electron chi connectivity index (χ1n) is 7.43. The molecular formula is C15H20N2O4. The summed E-state index contributed by atoms with van der Waals surface area (Å²) in [6, 6.07) is 0. The normalized spacial score (nSPS) is 35.2. The van der Waals surface area contributed by atoms with Gasteiger partial charge < -0.3 is 14.9 Å². The predicted octanol–water partition coefficient (Wildman–Crippen LogP) is 0.200. The van der Waals surface area contributed by atoms with Crippen LogP contribution in [-0.4, -0.2) is 59.4 Å². The van der Waals surface area contributed by atoms with Gasteiger partial charge in [-0.3, -0.25) is 14.4 Å². The summed E-state index contributed by atoms with van der Waals surface area (Å²) in [7, 11) is 1.73. The van der Waals surface area contributed by atoms with E-state index in [4.69, 9.17) is 0 Å². The molecule has 6 heteroatoms. The molecule has 3 aliphatic rings. The van der Waals surface area contributed by atoms with E-state index in [0.29, 0.717) is 13.1 Å². The number of hydrogen-bond acceptors (Lipinski definition) is 3. The van der Waals surface area contributed by atoms with Crippen LogP contribution in [0.4, 0.5) is 0 Å². The first-order valence-corrected chi connectivity index (χ1v) is 7.43. The third kappa shape index (κ3) is 2.32. The molecule has 0 aromatic heterocycles. The van der Waals surface area contributed by atoms with Gasteiger partial charge >= 0.3 is 5.97 Å². The maximum absolute atomic E-state index is 12.8. The molecule has 0 spiro atoms. The highest BCUT2D eigenvalue weighted by Gasteiger charge is 2.52. The number of aliphatic carboxylic acids is 1. The van der Waals surface area contributed by atoms with Crippen molar-refractivity contribution in [2.75, 3.05) is 26.7 Å². The smallest absolute Gasteiger partial charge is 0.307 e. The lowest BCUT2D eigenvalue weighted by atomic mass is 9.82. The number of carboxylic acids is 1. The van der Waals surface area contributed by atoms with Gasteiger partial charge in [0.2, 0.25) is 11.8 Å². The molecule has 21 heavy (non-hydrogen) atoms. The number of carboxylic acid groups (broad SMARTS) is 1. The lowest BCUT2D eigenvalue weighted by molar-refractivity contribution is -0.151. The van der Waals surface area contributed by atoms with E-state index in [1.54, 1.807) is 16.8 Å². The minimum absolute atomic E-state index is 0.0136. The van der Waals surface area contributed by atoms with Gasteiger partial charge in [0.25, 0.3) is 0 Å². The molecule has 0 aromatic carbocycles. The Morgan fingerprint density at radius 1 is 1.19 bits per heavy atom. The standard InChI is InChI=1S/C15H20N2O4/c1-16-5-2-6-17(8-11(16)18)14(19)12-9-3-4-10(7-9)13(12)15(20)21/h3-4,9-10,12-13H,2,5-8H2,1H3,(H,20,21). The van der Waals surface area contributed by atoms with Gasteiger partial charge in [-0.05, 0) is 24.7 Å². The molecule has 1 heterocycles. The second-order valence-corrected chi connectivity index (χ2v) is 6.27. The van der Waals surface area contributed by atoms with Gasteiger partial charge in [0.15, 0.2) is 0 Å². The Balaban J connectivity index is 1.79. The fourth-order valence-electron chi connectivity index (χ4n) is 3.88. The van der Waals surface area contributed by atoms with Gasteiger partial charge in [0.05, 0.1) is 18.4 Å². The quantitative estimate of drug-likeness (QED) is 0.738. The Hall–Kier alpha value is -1.85. The van der Waals surface area contributed by atoms with Gasteiger partial charge in [0, 0.05) is 20.1 Å². The highest BCUT2D eigenvalue weighted by molar-refractivity contribution is 5.90. The molecule has 1 saturated carbocycles. The van der Waals surface area contributed by atoms with E-state index in [1.807, 2.05) is 12.2 Å². The maximum Gasteiger partial charge on any atom is 0.307 e. The molecular weight excluding hydrogens is 272 g/mol. The van der Waals surface area contributed by atoms with E-state index in [-0.39, 0.29) is 30.2 Å². The summed E-state index contributed by atoms with van der Waals surface area (Å²) >= 11 is 0. The van der Waals surface area contributed by atoms with Gasteiger partial charge in [-0.1, -0.05) is 12.2 Å². The summed E-state index contributed by atoms with van der Waals surface area (Å²) in [5.41, 5.74) is 0. The lowest BCUT2D eigenvalue weighted by Gasteiger charge is -2.29. The van der Waals surface area contributed by atoms with Gasteiger partial charge in [-0.2, -0.15) is 0 Å². The molecule has 4 unspecified atom stereocenters. The maximum atomic E-state index is 12.8. The third-order valence-corrected chi connectivity index (χ3v) is 5.01. The molecule has 2 amide bonds. The summed E-state index contributed by atoms with van der Waals surface area (Å²) in [5.74, 6) is -2.30. The van der Waals surface area contributed by atoms with E-state index in [1.165, 1.54) is 0 Å². The van der Waals surface area contributed by atoms with Gasteiger partial charge in [0.1, 0.15) is 0 Å². The number of fused-ring (bicyclic) bond motifs is 2. The second kappa shape index (κ2) is 5.16. The SMILES string of the molecule is CN1CCCN(C(=O)C2C3C=CC(C3)C2C(=O)O)CC1=O. The van der Waals surface area contributed by atoms with Gasteiger partial charge in [-0.15, -0.1) is 0 Å². The average molecular weight is 292 g/mol. The van der Waals surface area contributed by atoms with Crippen LogP contribution in [0, 0.1) is 23.7 Å². The van der Waals surface area contributed by atoms with E-state index in [2.05, 4.69) is 0 Å². The second-order valence-electron chi connectivity index (χ2n) is 6.27. The third-order valence-electron chi connectivity index (χ3n) is 5.01. The Bertz CT molecular complexity index is 516. The summed E-state index contributed by atoms with van der Waals surface area (Å²) in [4.78, 5) is 39.4. The van der Waals surface area contributed by atoms with Crippen molar-refractivity contribution in [3.8, 4) is 0 Å². The van der Waals surface area contributed by atoms with Crippen LogP contribution in [0.25, 0.3) is 0 Å². The number of carbonyl (C=O) groups excluding carboxylic acids is 2. The summed E-state index contributed by atoms with van der Waals surface area (Å²) in [6.07, 6.45) is 5.38. The van der Waals surface area contributed by atoms with Crippen molar-refractivity contribution >= 4 is 17.8 Å². The van der Waals surface area contributed by atoms with E-state index >= 15 is 0 Å². The van der Waals surface area contributed by atoms with Gasteiger partial charge in [-0.25, -0.2) is 0 Å². The zero-order valence-electron chi connectivity index (χ0n) is 12.1. The number of hydrogen-bond donors (Lipinski definition) is 1. The molecule has 2 aliphatic carbocycles. The highest BCUT2D eigenvalue weighted by Crippen LogP contribution is 2.48. The molecule has 1 saturated heterocycles. The molecule has 1 aliphatic heterocycles. The van der Waals surface area contributed by atoms with Crippen LogP contribution in [0.1, 0.15) is 12.8 Å². The summed E-state index contributed by atoms with van der Waals surface area (Å²) < 4.78 is 0. The van der Waals surface area contributed by atoms with Crippen molar-refractivity contribution in [3.63, 3.8) is 0 Å². The van der Waals surface area contributed by atoms with Crippen LogP contribution in [0.2, 0.25) is 0 Å². The van der Waals surface area contributed by atoms with Crippen LogP contribution in [0.15, 0.2) is 12.2 Å². The topological polar surface area (TPSA) is 77.9 Å². The van der Waals surface area contributed by atoms with Crippen molar-refractivity contribution in [3.05, 3.63) is 12.2 Å². The van der Waals surface area contributed by atoms with Crippen LogP contribution in [0.5, 0.6) is 0 Å². The number of carbonyl (C=O) groups is 3. The number of likely N-dealkylation sites (N-methyl/N-ethyl adjacent to an activating group) is 1. The number of rotatable bonds is 2. The Kier molecular flexibility index (Phi) is 3.47. The molecule has 4 atom stereocenters.